The minimum absolute atomic E-state index is 0.189. The second-order valence-corrected chi connectivity index (χ2v) is 4.66. The molecule has 1 aliphatic rings. The molecule has 0 unspecified atom stereocenters. The molecule has 0 aliphatic carbocycles. The quantitative estimate of drug-likeness (QED) is 0.915. The van der Waals surface area contributed by atoms with Crippen LogP contribution in [-0.2, 0) is 6.54 Å². The highest BCUT2D eigenvalue weighted by Gasteiger charge is 2.14. The summed E-state index contributed by atoms with van der Waals surface area (Å²) in [4.78, 5) is 0. The molecule has 3 rings (SSSR count). The third-order valence-electron chi connectivity index (χ3n) is 3.15. The maximum Gasteiger partial charge on any atom is 0.231 e. The monoisotopic (exact) mass is 289 g/mol. The van der Waals surface area contributed by atoms with Crippen LogP contribution in [0.15, 0.2) is 36.4 Å². The van der Waals surface area contributed by atoms with E-state index < -0.39 is 0 Å². The van der Waals surface area contributed by atoms with E-state index in [0.717, 1.165) is 12.1 Å². The van der Waals surface area contributed by atoms with E-state index in [1.54, 1.807) is 24.3 Å². The summed E-state index contributed by atoms with van der Waals surface area (Å²) in [5, 5.41) is 3.15. The van der Waals surface area contributed by atoms with Crippen molar-refractivity contribution in [1.82, 2.24) is 5.32 Å². The Balaban J connectivity index is 1.75. The van der Waals surface area contributed by atoms with Crippen molar-refractivity contribution < 1.29 is 18.6 Å². The summed E-state index contributed by atoms with van der Waals surface area (Å²) >= 11 is 0. The van der Waals surface area contributed by atoms with Crippen LogP contribution in [0.25, 0.3) is 0 Å². The third-order valence-corrected chi connectivity index (χ3v) is 3.15. The number of fused-ring (bicyclic) bond motifs is 1. The lowest BCUT2D eigenvalue weighted by molar-refractivity contribution is 0.174. The van der Waals surface area contributed by atoms with Crippen LogP contribution in [0, 0.1) is 5.82 Å². The smallest absolute Gasteiger partial charge is 0.231 e. The van der Waals surface area contributed by atoms with E-state index in [4.69, 9.17) is 14.2 Å². The highest BCUT2D eigenvalue weighted by molar-refractivity contribution is 5.48. The Kier molecular flexibility index (Phi) is 3.92. The van der Waals surface area contributed by atoms with Crippen molar-refractivity contribution in [1.29, 1.82) is 0 Å². The molecule has 0 bridgehead atoms. The summed E-state index contributed by atoms with van der Waals surface area (Å²) in [5.74, 6) is 1.59. The second-order valence-electron chi connectivity index (χ2n) is 4.66. The third kappa shape index (κ3) is 3.08. The molecule has 5 heteroatoms. The van der Waals surface area contributed by atoms with Crippen molar-refractivity contribution >= 4 is 0 Å². The van der Waals surface area contributed by atoms with Gasteiger partial charge in [0.1, 0.15) is 5.75 Å². The molecule has 1 heterocycles. The van der Waals surface area contributed by atoms with Crippen LogP contribution in [-0.4, -0.2) is 13.3 Å². The van der Waals surface area contributed by atoms with Crippen LogP contribution in [0.5, 0.6) is 23.0 Å². The number of hydrogen-bond donors (Lipinski definition) is 1. The van der Waals surface area contributed by atoms with E-state index in [1.165, 1.54) is 6.07 Å². The molecule has 0 fully saturated rings. The molecular weight excluding hydrogens is 273 g/mol. The Hall–Kier alpha value is -2.27. The standard InChI is InChI=1S/C16H16FNO3/c1-2-18-9-11-3-5-14(13(17)7-11)21-12-4-6-15-16(8-12)20-10-19-15/h3-8,18H,2,9-10H2,1H3. The summed E-state index contributed by atoms with van der Waals surface area (Å²) in [6.45, 7) is 3.69. The lowest BCUT2D eigenvalue weighted by atomic mass is 10.2. The van der Waals surface area contributed by atoms with Crippen LogP contribution in [0.4, 0.5) is 4.39 Å². The Labute approximate surface area is 122 Å². The fourth-order valence-electron chi connectivity index (χ4n) is 2.07. The first-order chi connectivity index (χ1) is 10.3. The van der Waals surface area contributed by atoms with Gasteiger partial charge < -0.3 is 19.5 Å². The highest BCUT2D eigenvalue weighted by Crippen LogP contribution is 2.37. The van der Waals surface area contributed by atoms with Gasteiger partial charge >= 0.3 is 0 Å². The van der Waals surface area contributed by atoms with Crippen LogP contribution in [0.2, 0.25) is 0 Å². The van der Waals surface area contributed by atoms with Crippen LogP contribution in [0.1, 0.15) is 12.5 Å². The molecule has 4 nitrogen and oxygen atoms in total. The number of halogens is 1. The van der Waals surface area contributed by atoms with Gasteiger partial charge in [-0.15, -0.1) is 0 Å². The Bertz CT molecular complexity index is 645. The van der Waals surface area contributed by atoms with Gasteiger partial charge in [0, 0.05) is 12.6 Å². The lowest BCUT2D eigenvalue weighted by Crippen LogP contribution is -2.11. The number of ether oxygens (including phenoxy) is 3. The molecule has 1 N–H and O–H groups in total. The number of hydrogen-bond acceptors (Lipinski definition) is 4. The predicted octanol–water partition coefficient (Wildman–Crippen LogP) is 3.46. The number of benzene rings is 2. The molecule has 0 saturated heterocycles. The summed E-state index contributed by atoms with van der Waals surface area (Å²) in [6.07, 6.45) is 0. The van der Waals surface area contributed by atoms with Gasteiger partial charge in [0.05, 0.1) is 0 Å². The molecule has 0 spiro atoms. The fourth-order valence-corrected chi connectivity index (χ4v) is 2.07. The van der Waals surface area contributed by atoms with Gasteiger partial charge in [-0.05, 0) is 36.4 Å². The van der Waals surface area contributed by atoms with Gasteiger partial charge in [0.25, 0.3) is 0 Å². The summed E-state index contributed by atoms with van der Waals surface area (Å²) in [7, 11) is 0. The number of rotatable bonds is 5. The fraction of sp³-hybridized carbons (Fsp3) is 0.250. The molecular formula is C16H16FNO3. The van der Waals surface area contributed by atoms with Crippen molar-refractivity contribution in [3.63, 3.8) is 0 Å². The minimum atomic E-state index is -0.386. The largest absolute Gasteiger partial charge is 0.454 e. The normalized spacial score (nSPS) is 12.5. The van der Waals surface area contributed by atoms with Gasteiger partial charge in [0.15, 0.2) is 23.1 Å². The summed E-state index contributed by atoms with van der Waals surface area (Å²) in [5.41, 5.74) is 0.882. The van der Waals surface area contributed by atoms with Crippen molar-refractivity contribution in [3.8, 4) is 23.0 Å². The Morgan fingerprint density at radius 1 is 1.14 bits per heavy atom. The zero-order valence-corrected chi connectivity index (χ0v) is 11.7. The van der Waals surface area contributed by atoms with Crippen molar-refractivity contribution in [2.45, 2.75) is 13.5 Å². The first kappa shape index (κ1) is 13.7. The molecule has 1 aliphatic heterocycles. The van der Waals surface area contributed by atoms with Crippen LogP contribution < -0.4 is 19.5 Å². The molecule has 0 aromatic heterocycles. The number of nitrogens with one attached hydrogen (secondary N) is 1. The maximum absolute atomic E-state index is 14.0. The van der Waals surface area contributed by atoms with Crippen LogP contribution in [0.3, 0.4) is 0 Å². The van der Waals surface area contributed by atoms with Crippen molar-refractivity contribution in [2.75, 3.05) is 13.3 Å². The van der Waals surface area contributed by atoms with Gasteiger partial charge in [-0.2, -0.15) is 0 Å². The zero-order chi connectivity index (χ0) is 14.7. The van der Waals surface area contributed by atoms with E-state index in [0.29, 0.717) is 23.8 Å². The van der Waals surface area contributed by atoms with Gasteiger partial charge in [-0.25, -0.2) is 4.39 Å². The second kappa shape index (κ2) is 6.01. The molecule has 0 radical (unpaired) electrons. The van der Waals surface area contributed by atoms with Gasteiger partial charge in [-0.3, -0.25) is 0 Å². The summed E-state index contributed by atoms with van der Waals surface area (Å²) in [6, 6.07) is 10.1. The van der Waals surface area contributed by atoms with E-state index in [2.05, 4.69) is 5.32 Å². The average molecular weight is 289 g/mol. The molecule has 2 aromatic rings. The Morgan fingerprint density at radius 3 is 2.81 bits per heavy atom. The van der Waals surface area contributed by atoms with E-state index in [1.807, 2.05) is 13.0 Å². The van der Waals surface area contributed by atoms with Crippen molar-refractivity contribution in [3.05, 3.63) is 47.8 Å². The highest BCUT2D eigenvalue weighted by atomic mass is 19.1. The Morgan fingerprint density at radius 2 is 2.00 bits per heavy atom. The lowest BCUT2D eigenvalue weighted by Gasteiger charge is -2.09. The molecule has 2 aromatic carbocycles. The molecule has 110 valence electrons. The van der Waals surface area contributed by atoms with E-state index >= 15 is 0 Å². The SMILES string of the molecule is CCNCc1ccc(Oc2ccc3c(c2)OCO3)c(F)c1. The zero-order valence-electron chi connectivity index (χ0n) is 11.7. The molecule has 0 amide bonds. The first-order valence-electron chi connectivity index (χ1n) is 6.83. The first-order valence-corrected chi connectivity index (χ1v) is 6.83. The topological polar surface area (TPSA) is 39.7 Å². The van der Waals surface area contributed by atoms with Crippen molar-refractivity contribution in [2.24, 2.45) is 0 Å². The predicted molar refractivity (Wildman–Crippen MR) is 76.4 cm³/mol. The van der Waals surface area contributed by atoms with Gasteiger partial charge in [0.2, 0.25) is 6.79 Å². The van der Waals surface area contributed by atoms with Crippen LogP contribution >= 0.6 is 0 Å². The molecule has 21 heavy (non-hydrogen) atoms. The van der Waals surface area contributed by atoms with E-state index in [9.17, 15) is 4.39 Å². The average Bonchev–Trinajstić information content (AvgIpc) is 2.95. The summed E-state index contributed by atoms with van der Waals surface area (Å²) < 4.78 is 30.1. The molecule has 0 saturated carbocycles. The van der Waals surface area contributed by atoms with Gasteiger partial charge in [-0.1, -0.05) is 13.0 Å². The maximum atomic E-state index is 14.0. The minimum Gasteiger partial charge on any atom is -0.454 e. The van der Waals surface area contributed by atoms with E-state index in [-0.39, 0.29) is 18.4 Å². The molecule has 0 atom stereocenters.